The molecule has 2 aromatic carbocycles. The Kier molecular flexibility index (Phi) is 4.31. The van der Waals surface area contributed by atoms with Crippen LogP contribution >= 0.6 is 11.6 Å². The third-order valence-corrected chi connectivity index (χ3v) is 3.90. The minimum absolute atomic E-state index is 0.469. The van der Waals surface area contributed by atoms with E-state index in [1.54, 1.807) is 6.07 Å². The Morgan fingerprint density at radius 1 is 1.22 bits per heavy atom. The van der Waals surface area contributed by atoms with Crippen LogP contribution in [0.15, 0.2) is 60.9 Å². The predicted molar refractivity (Wildman–Crippen MR) is 91.8 cm³/mol. The Bertz CT molecular complexity index is 849. The molecular weight excluding hydrogens is 308 g/mol. The first-order valence-electron chi connectivity index (χ1n) is 7.17. The molecule has 0 radical (unpaired) electrons. The van der Waals surface area contributed by atoms with Gasteiger partial charge in [-0.25, -0.2) is 4.68 Å². The monoisotopic (exact) mass is 322 g/mol. The highest BCUT2D eigenvalue weighted by molar-refractivity contribution is 6.32. The van der Waals surface area contributed by atoms with Gasteiger partial charge in [0, 0.05) is 31.0 Å². The summed E-state index contributed by atoms with van der Waals surface area (Å²) < 4.78 is 1.86. The zero-order valence-electron chi connectivity index (χ0n) is 12.6. The van der Waals surface area contributed by atoms with E-state index in [2.05, 4.69) is 16.1 Å². The molecule has 1 heterocycles. The zero-order valence-corrected chi connectivity index (χ0v) is 13.4. The summed E-state index contributed by atoms with van der Waals surface area (Å²) in [6.45, 7) is 0.703. The van der Waals surface area contributed by atoms with Gasteiger partial charge in [0.2, 0.25) is 0 Å². The molecule has 0 N–H and O–H groups in total. The van der Waals surface area contributed by atoms with Crippen molar-refractivity contribution in [3.63, 3.8) is 0 Å². The number of hydrogen-bond acceptors (Lipinski definition) is 3. The van der Waals surface area contributed by atoms with Gasteiger partial charge < -0.3 is 4.90 Å². The number of aromatic nitrogens is 2. The maximum absolute atomic E-state index is 8.94. The van der Waals surface area contributed by atoms with Crippen LogP contribution in [0.4, 0.5) is 5.69 Å². The van der Waals surface area contributed by atoms with Gasteiger partial charge >= 0.3 is 0 Å². The summed E-state index contributed by atoms with van der Waals surface area (Å²) in [5.74, 6) is 0. The summed E-state index contributed by atoms with van der Waals surface area (Å²) in [5.41, 5.74) is 3.57. The van der Waals surface area contributed by atoms with Crippen LogP contribution in [0.5, 0.6) is 0 Å². The van der Waals surface area contributed by atoms with Crippen molar-refractivity contribution in [2.24, 2.45) is 0 Å². The normalized spacial score (nSPS) is 10.3. The number of hydrogen-bond donors (Lipinski definition) is 0. The predicted octanol–water partition coefficient (Wildman–Crippen LogP) is 4.03. The molecule has 3 aromatic rings. The number of benzene rings is 2. The van der Waals surface area contributed by atoms with Gasteiger partial charge in [-0.2, -0.15) is 10.4 Å². The number of nitrogens with zero attached hydrogens (tertiary/aromatic N) is 4. The standard InChI is InChI=1S/C18H15ClN4/c1-22(17-8-7-15(10-20)18(19)9-17)12-14-11-21-23(13-14)16-5-3-2-4-6-16/h2-9,11,13H,12H2,1H3. The third kappa shape index (κ3) is 3.36. The molecule has 0 saturated heterocycles. The van der Waals surface area contributed by atoms with Crippen molar-refractivity contribution in [2.45, 2.75) is 6.54 Å². The SMILES string of the molecule is CN(Cc1cnn(-c2ccccc2)c1)c1ccc(C#N)c(Cl)c1. The lowest BCUT2D eigenvalue weighted by atomic mass is 10.2. The first-order valence-corrected chi connectivity index (χ1v) is 7.55. The fourth-order valence-electron chi connectivity index (χ4n) is 2.36. The summed E-state index contributed by atoms with van der Waals surface area (Å²) in [6, 6.07) is 17.5. The summed E-state index contributed by atoms with van der Waals surface area (Å²) in [7, 11) is 1.98. The second kappa shape index (κ2) is 6.55. The van der Waals surface area contributed by atoms with Crippen molar-refractivity contribution in [1.29, 1.82) is 5.26 Å². The molecule has 0 bridgehead atoms. The van der Waals surface area contributed by atoms with E-state index in [1.807, 2.05) is 66.6 Å². The summed E-state index contributed by atoms with van der Waals surface area (Å²) in [6.07, 6.45) is 3.87. The topological polar surface area (TPSA) is 44.9 Å². The Labute approximate surface area is 140 Å². The largest absolute Gasteiger partial charge is 0.370 e. The highest BCUT2D eigenvalue weighted by Crippen LogP contribution is 2.23. The van der Waals surface area contributed by atoms with Crippen LogP contribution in [0.3, 0.4) is 0 Å². The van der Waals surface area contributed by atoms with E-state index in [4.69, 9.17) is 16.9 Å². The smallest absolute Gasteiger partial charge is 0.101 e. The van der Waals surface area contributed by atoms with E-state index in [1.165, 1.54) is 0 Å². The van der Waals surface area contributed by atoms with Crippen LogP contribution in [0.2, 0.25) is 5.02 Å². The molecule has 0 aliphatic heterocycles. The summed E-state index contributed by atoms with van der Waals surface area (Å²) >= 11 is 6.10. The summed E-state index contributed by atoms with van der Waals surface area (Å²) in [4.78, 5) is 2.07. The van der Waals surface area contributed by atoms with Gasteiger partial charge in [-0.3, -0.25) is 0 Å². The molecule has 1 aromatic heterocycles. The van der Waals surface area contributed by atoms with E-state index in [0.717, 1.165) is 16.9 Å². The maximum Gasteiger partial charge on any atom is 0.101 e. The summed E-state index contributed by atoms with van der Waals surface area (Å²) in [5, 5.41) is 13.8. The molecule has 0 saturated carbocycles. The number of anilines is 1. The van der Waals surface area contributed by atoms with Crippen molar-refractivity contribution in [3.8, 4) is 11.8 Å². The molecule has 0 aliphatic rings. The average Bonchev–Trinajstić information content (AvgIpc) is 3.04. The van der Waals surface area contributed by atoms with Gasteiger partial charge in [-0.1, -0.05) is 29.8 Å². The Morgan fingerprint density at radius 3 is 2.70 bits per heavy atom. The molecule has 23 heavy (non-hydrogen) atoms. The van der Waals surface area contributed by atoms with Crippen molar-refractivity contribution < 1.29 is 0 Å². The lowest BCUT2D eigenvalue weighted by molar-refractivity contribution is 0.877. The first kappa shape index (κ1) is 15.1. The Hall–Kier alpha value is -2.77. The quantitative estimate of drug-likeness (QED) is 0.728. The number of rotatable bonds is 4. The first-order chi connectivity index (χ1) is 11.2. The fourth-order valence-corrected chi connectivity index (χ4v) is 2.58. The molecule has 3 rings (SSSR count). The molecule has 0 unspecified atom stereocenters. The van der Waals surface area contributed by atoms with Crippen molar-refractivity contribution in [1.82, 2.24) is 9.78 Å². The second-order valence-corrected chi connectivity index (χ2v) is 5.67. The van der Waals surface area contributed by atoms with Gasteiger partial charge in [0.15, 0.2) is 0 Å². The van der Waals surface area contributed by atoms with Crippen LogP contribution in [-0.2, 0) is 6.54 Å². The molecule has 5 heteroatoms. The van der Waals surface area contributed by atoms with E-state index >= 15 is 0 Å². The van der Waals surface area contributed by atoms with Gasteiger partial charge in [-0.15, -0.1) is 0 Å². The van der Waals surface area contributed by atoms with Gasteiger partial charge in [0.1, 0.15) is 6.07 Å². The highest BCUT2D eigenvalue weighted by atomic mass is 35.5. The number of nitriles is 1. The third-order valence-electron chi connectivity index (χ3n) is 3.59. The molecular formula is C18H15ClN4. The Morgan fingerprint density at radius 2 is 2.00 bits per heavy atom. The molecule has 0 aliphatic carbocycles. The van der Waals surface area contributed by atoms with Gasteiger partial charge in [0.05, 0.1) is 22.5 Å². The Balaban J connectivity index is 1.76. The van der Waals surface area contributed by atoms with E-state index in [9.17, 15) is 0 Å². The lowest BCUT2D eigenvalue weighted by Gasteiger charge is -2.18. The number of halogens is 1. The van der Waals surface area contributed by atoms with Crippen molar-refractivity contribution in [2.75, 3.05) is 11.9 Å². The van der Waals surface area contributed by atoms with E-state index < -0.39 is 0 Å². The van der Waals surface area contributed by atoms with Gasteiger partial charge in [-0.05, 0) is 30.3 Å². The van der Waals surface area contributed by atoms with Crippen LogP contribution in [0, 0.1) is 11.3 Å². The lowest BCUT2D eigenvalue weighted by Crippen LogP contribution is -2.16. The molecule has 0 spiro atoms. The zero-order chi connectivity index (χ0) is 16.2. The molecule has 0 fully saturated rings. The van der Waals surface area contributed by atoms with Gasteiger partial charge in [0.25, 0.3) is 0 Å². The van der Waals surface area contributed by atoms with Crippen LogP contribution in [0.1, 0.15) is 11.1 Å². The maximum atomic E-state index is 8.94. The van der Waals surface area contributed by atoms with Crippen molar-refractivity contribution in [3.05, 3.63) is 77.1 Å². The highest BCUT2D eigenvalue weighted by Gasteiger charge is 2.08. The molecule has 4 nitrogen and oxygen atoms in total. The van der Waals surface area contributed by atoms with Crippen LogP contribution < -0.4 is 4.90 Å². The number of para-hydroxylation sites is 1. The van der Waals surface area contributed by atoms with E-state index in [0.29, 0.717) is 17.1 Å². The minimum Gasteiger partial charge on any atom is -0.370 e. The molecule has 114 valence electrons. The minimum atomic E-state index is 0.469. The fraction of sp³-hybridized carbons (Fsp3) is 0.111. The van der Waals surface area contributed by atoms with Crippen LogP contribution in [-0.4, -0.2) is 16.8 Å². The average molecular weight is 323 g/mol. The molecule has 0 atom stereocenters. The van der Waals surface area contributed by atoms with Crippen molar-refractivity contribution >= 4 is 17.3 Å². The molecule has 0 amide bonds. The second-order valence-electron chi connectivity index (χ2n) is 5.26. The van der Waals surface area contributed by atoms with E-state index in [-0.39, 0.29) is 0 Å². The van der Waals surface area contributed by atoms with Crippen LogP contribution in [0.25, 0.3) is 5.69 Å².